The van der Waals surface area contributed by atoms with Crippen LogP contribution in [0.25, 0.3) is 5.76 Å². The predicted octanol–water partition coefficient (Wildman–Crippen LogP) is 7.10. The van der Waals surface area contributed by atoms with Crippen molar-refractivity contribution >= 4 is 46.3 Å². The van der Waals surface area contributed by atoms with Crippen molar-refractivity contribution in [3.05, 3.63) is 98.8 Å². The van der Waals surface area contributed by atoms with E-state index in [1.165, 1.54) is 47.4 Å². The highest BCUT2D eigenvalue weighted by atomic mass is 35.5. The highest BCUT2D eigenvalue weighted by Crippen LogP contribution is 2.43. The number of benzene rings is 3. The summed E-state index contributed by atoms with van der Waals surface area (Å²) in [6.45, 7) is 6.44. The third kappa shape index (κ3) is 5.11. The van der Waals surface area contributed by atoms with Crippen LogP contribution in [-0.2, 0) is 9.59 Å². The van der Waals surface area contributed by atoms with E-state index >= 15 is 0 Å². The standard InChI is InChI=1S/C28H24Cl2FNO4/c1-15(2)14-36-23-9-6-18(10-16(23)3)26(33)24-25(17-4-7-21(31)8-5-17)32(28(35)27(24)34)22-12-19(29)11-20(30)13-22/h4-13,15,25,33H,14H2,1-3H3/b26-24+. The van der Waals surface area contributed by atoms with Gasteiger partial charge in [-0.25, -0.2) is 4.39 Å². The number of ether oxygens (including phenoxy) is 1. The van der Waals surface area contributed by atoms with Gasteiger partial charge in [-0.15, -0.1) is 0 Å². The summed E-state index contributed by atoms with van der Waals surface area (Å²) in [4.78, 5) is 27.7. The van der Waals surface area contributed by atoms with Crippen LogP contribution in [0.3, 0.4) is 0 Å². The highest BCUT2D eigenvalue weighted by Gasteiger charge is 2.47. The lowest BCUT2D eigenvalue weighted by atomic mass is 9.94. The molecule has 0 bridgehead atoms. The lowest BCUT2D eigenvalue weighted by Crippen LogP contribution is -2.29. The molecule has 1 saturated heterocycles. The Morgan fingerprint density at radius 2 is 1.67 bits per heavy atom. The van der Waals surface area contributed by atoms with Crippen LogP contribution in [0.4, 0.5) is 10.1 Å². The van der Waals surface area contributed by atoms with Crippen molar-refractivity contribution in [3.8, 4) is 5.75 Å². The molecule has 8 heteroatoms. The molecule has 1 atom stereocenters. The van der Waals surface area contributed by atoms with Gasteiger partial charge >= 0.3 is 0 Å². The number of halogens is 3. The molecular formula is C28H24Cl2FNO4. The molecule has 36 heavy (non-hydrogen) atoms. The summed E-state index contributed by atoms with van der Waals surface area (Å²) in [7, 11) is 0. The van der Waals surface area contributed by atoms with Crippen LogP contribution in [0.5, 0.6) is 5.75 Å². The van der Waals surface area contributed by atoms with Crippen LogP contribution in [0.15, 0.2) is 66.2 Å². The SMILES string of the molecule is Cc1cc(/C(O)=C2\C(=O)C(=O)N(c3cc(Cl)cc(Cl)c3)C2c2ccc(F)cc2)ccc1OCC(C)C. The number of nitrogens with zero attached hydrogens (tertiary/aromatic N) is 1. The lowest BCUT2D eigenvalue weighted by molar-refractivity contribution is -0.132. The normalized spacial score (nSPS) is 17.2. The number of Topliss-reactive ketones (excluding diaryl/α,β-unsaturated/α-hetero) is 1. The Morgan fingerprint density at radius 1 is 1.03 bits per heavy atom. The number of hydrogen-bond acceptors (Lipinski definition) is 4. The molecule has 1 unspecified atom stereocenters. The molecule has 0 saturated carbocycles. The minimum absolute atomic E-state index is 0.127. The minimum atomic E-state index is -1.03. The molecule has 0 aromatic heterocycles. The summed E-state index contributed by atoms with van der Waals surface area (Å²) in [6.07, 6.45) is 0. The van der Waals surface area contributed by atoms with Crippen molar-refractivity contribution < 1.29 is 23.8 Å². The third-order valence-corrected chi connectivity index (χ3v) is 6.21. The van der Waals surface area contributed by atoms with Gasteiger partial charge in [0, 0.05) is 21.3 Å². The average Bonchev–Trinajstić information content (AvgIpc) is 3.08. The Hall–Kier alpha value is -3.35. The number of hydrogen-bond donors (Lipinski definition) is 1. The van der Waals surface area contributed by atoms with Crippen LogP contribution >= 0.6 is 23.2 Å². The maximum Gasteiger partial charge on any atom is 0.300 e. The molecule has 3 aromatic rings. The largest absolute Gasteiger partial charge is 0.507 e. The maximum absolute atomic E-state index is 13.7. The molecular weight excluding hydrogens is 504 g/mol. The van der Waals surface area contributed by atoms with Crippen molar-refractivity contribution in [2.24, 2.45) is 5.92 Å². The number of aliphatic hydroxyl groups excluding tert-OH is 1. The first-order valence-corrected chi connectivity index (χ1v) is 12.1. The van der Waals surface area contributed by atoms with E-state index in [9.17, 15) is 19.1 Å². The van der Waals surface area contributed by atoms with E-state index in [0.717, 1.165) is 5.56 Å². The molecule has 1 aliphatic heterocycles. The van der Waals surface area contributed by atoms with E-state index in [1.54, 1.807) is 18.2 Å². The molecule has 4 rings (SSSR count). The number of aliphatic hydroxyl groups is 1. The number of anilines is 1. The van der Waals surface area contributed by atoms with Gasteiger partial charge in [0.25, 0.3) is 11.7 Å². The fourth-order valence-electron chi connectivity index (χ4n) is 4.11. The lowest BCUT2D eigenvalue weighted by Gasteiger charge is -2.26. The van der Waals surface area contributed by atoms with Gasteiger partial charge in [0.05, 0.1) is 18.2 Å². The first kappa shape index (κ1) is 25.7. The molecule has 5 nitrogen and oxygen atoms in total. The van der Waals surface area contributed by atoms with Gasteiger partial charge < -0.3 is 9.84 Å². The smallest absolute Gasteiger partial charge is 0.300 e. The van der Waals surface area contributed by atoms with Crippen molar-refractivity contribution in [2.75, 3.05) is 11.5 Å². The second kappa shape index (κ2) is 10.3. The van der Waals surface area contributed by atoms with Crippen LogP contribution in [0.2, 0.25) is 10.0 Å². The predicted molar refractivity (Wildman–Crippen MR) is 139 cm³/mol. The highest BCUT2D eigenvalue weighted by molar-refractivity contribution is 6.52. The number of amides is 1. The summed E-state index contributed by atoms with van der Waals surface area (Å²) >= 11 is 12.3. The van der Waals surface area contributed by atoms with Gasteiger partial charge in [0.15, 0.2) is 0 Å². The molecule has 0 aliphatic carbocycles. The average molecular weight is 528 g/mol. The van der Waals surface area contributed by atoms with E-state index in [0.29, 0.717) is 29.4 Å². The number of carbonyl (C=O) groups excluding carboxylic acids is 2. The zero-order chi connectivity index (χ0) is 26.1. The third-order valence-electron chi connectivity index (χ3n) is 5.78. The summed E-state index contributed by atoms with van der Waals surface area (Å²) in [5, 5.41) is 11.9. The summed E-state index contributed by atoms with van der Waals surface area (Å²) < 4.78 is 19.5. The second-order valence-electron chi connectivity index (χ2n) is 9.03. The first-order chi connectivity index (χ1) is 17.1. The zero-order valence-electron chi connectivity index (χ0n) is 19.9. The Balaban J connectivity index is 1.87. The van der Waals surface area contributed by atoms with Crippen LogP contribution in [0.1, 0.15) is 36.6 Å². The van der Waals surface area contributed by atoms with Gasteiger partial charge in [-0.3, -0.25) is 14.5 Å². The van der Waals surface area contributed by atoms with Crippen LogP contribution in [0, 0.1) is 18.7 Å². The van der Waals surface area contributed by atoms with Crippen molar-refractivity contribution in [3.63, 3.8) is 0 Å². The monoisotopic (exact) mass is 527 g/mol. The Morgan fingerprint density at radius 3 is 2.25 bits per heavy atom. The van der Waals surface area contributed by atoms with Gasteiger partial charge in [-0.2, -0.15) is 0 Å². The summed E-state index contributed by atoms with van der Waals surface area (Å²) in [5.74, 6) is -1.58. The quantitative estimate of drug-likeness (QED) is 0.211. The van der Waals surface area contributed by atoms with Gasteiger partial charge in [0.2, 0.25) is 0 Å². The molecule has 0 spiro atoms. The number of carbonyl (C=O) groups is 2. The minimum Gasteiger partial charge on any atom is -0.507 e. The maximum atomic E-state index is 13.7. The Bertz CT molecular complexity index is 1350. The molecule has 1 N–H and O–H groups in total. The molecule has 0 radical (unpaired) electrons. The summed E-state index contributed by atoms with van der Waals surface area (Å²) in [6, 6.07) is 13.9. The molecule has 1 amide bonds. The number of ketones is 1. The zero-order valence-corrected chi connectivity index (χ0v) is 21.4. The van der Waals surface area contributed by atoms with E-state index in [4.69, 9.17) is 27.9 Å². The van der Waals surface area contributed by atoms with Crippen molar-refractivity contribution in [1.29, 1.82) is 0 Å². The molecule has 3 aromatic carbocycles. The fourth-order valence-corrected chi connectivity index (χ4v) is 4.62. The van der Waals surface area contributed by atoms with Gasteiger partial charge in [-0.05, 0) is 72.5 Å². The topological polar surface area (TPSA) is 66.8 Å². The van der Waals surface area contributed by atoms with Crippen LogP contribution in [-0.4, -0.2) is 23.4 Å². The van der Waals surface area contributed by atoms with E-state index in [-0.39, 0.29) is 27.1 Å². The van der Waals surface area contributed by atoms with Gasteiger partial charge in [0.1, 0.15) is 17.3 Å². The number of aryl methyl sites for hydroxylation is 1. The van der Waals surface area contributed by atoms with E-state index in [1.807, 2.05) is 20.8 Å². The van der Waals surface area contributed by atoms with Crippen LogP contribution < -0.4 is 9.64 Å². The molecule has 186 valence electrons. The van der Waals surface area contributed by atoms with Crippen molar-refractivity contribution in [1.82, 2.24) is 0 Å². The second-order valence-corrected chi connectivity index (χ2v) is 9.91. The first-order valence-electron chi connectivity index (χ1n) is 11.3. The van der Waals surface area contributed by atoms with Gasteiger partial charge in [-0.1, -0.05) is 49.2 Å². The Kier molecular flexibility index (Phi) is 7.38. The van der Waals surface area contributed by atoms with E-state index in [2.05, 4.69) is 0 Å². The number of rotatable bonds is 6. The van der Waals surface area contributed by atoms with E-state index < -0.39 is 23.5 Å². The summed E-state index contributed by atoms with van der Waals surface area (Å²) in [5.41, 5.74) is 1.68. The van der Waals surface area contributed by atoms with Crippen molar-refractivity contribution in [2.45, 2.75) is 26.8 Å². The fraction of sp³-hybridized carbons (Fsp3) is 0.214. The molecule has 1 fully saturated rings. The molecule has 1 aliphatic rings. The Labute approximate surface area is 218 Å². The molecule has 1 heterocycles.